The van der Waals surface area contributed by atoms with Gasteiger partial charge in [0.05, 0.1) is 44.3 Å². The van der Waals surface area contributed by atoms with E-state index in [0.717, 1.165) is 37.4 Å². The Morgan fingerprint density at radius 3 is 2.78 bits per heavy atom. The lowest BCUT2D eigenvalue weighted by molar-refractivity contribution is 0.124. The molecule has 7 nitrogen and oxygen atoms in total. The largest absolute Gasteiger partial charge is 0.497 e. The van der Waals surface area contributed by atoms with E-state index in [2.05, 4.69) is 27.2 Å². The van der Waals surface area contributed by atoms with Gasteiger partial charge in [-0.3, -0.25) is 9.78 Å². The van der Waals surface area contributed by atoms with Crippen molar-refractivity contribution in [2.24, 2.45) is 5.92 Å². The fraction of sp³-hybridized carbons (Fsp3) is 0.550. The molecule has 1 amide bonds. The monoisotopic (exact) mass is 373 g/mol. The quantitative estimate of drug-likeness (QED) is 0.761. The number of benzene rings is 1. The Labute approximate surface area is 159 Å². The minimum atomic E-state index is -0.358. The highest BCUT2D eigenvalue weighted by Gasteiger charge is 2.55. The van der Waals surface area contributed by atoms with Gasteiger partial charge in [-0.1, -0.05) is 26.0 Å². The number of fused-ring (bicyclic) bond motifs is 2. The van der Waals surface area contributed by atoms with E-state index in [1.54, 1.807) is 7.11 Å². The van der Waals surface area contributed by atoms with E-state index in [4.69, 9.17) is 14.2 Å². The van der Waals surface area contributed by atoms with Crippen molar-refractivity contribution in [2.45, 2.75) is 44.9 Å². The number of carbonyl (C=O) groups is 1. The lowest BCUT2D eigenvalue weighted by atomic mass is 9.85. The summed E-state index contributed by atoms with van der Waals surface area (Å²) < 4.78 is 18.4. The highest BCUT2D eigenvalue weighted by molar-refractivity contribution is 5.68. The smallest absolute Gasteiger partial charge is 0.407 e. The lowest BCUT2D eigenvalue weighted by Crippen LogP contribution is -2.41. The molecular formula is C20H27N3O4. The summed E-state index contributed by atoms with van der Waals surface area (Å²) in [5.74, 6) is 1.17. The van der Waals surface area contributed by atoms with Crippen molar-refractivity contribution in [3.63, 3.8) is 0 Å². The number of amides is 1. The van der Waals surface area contributed by atoms with E-state index in [1.807, 2.05) is 26.0 Å². The highest BCUT2D eigenvalue weighted by Crippen LogP contribution is 2.51. The Hall–Kier alpha value is -2.41. The number of rotatable bonds is 6. The van der Waals surface area contributed by atoms with Crippen LogP contribution in [0.15, 0.2) is 24.3 Å². The molecule has 4 rings (SSSR count). The van der Waals surface area contributed by atoms with Crippen LogP contribution >= 0.6 is 0 Å². The average molecular weight is 373 g/mol. The van der Waals surface area contributed by atoms with Crippen LogP contribution in [0.4, 0.5) is 4.79 Å². The Kier molecular flexibility index (Phi) is 4.63. The van der Waals surface area contributed by atoms with Crippen LogP contribution in [0.2, 0.25) is 0 Å². The molecule has 2 atom stereocenters. The first kappa shape index (κ1) is 18.0. The van der Waals surface area contributed by atoms with E-state index in [-0.39, 0.29) is 17.7 Å². The number of nitrogens with zero attached hydrogens (tertiary/aromatic N) is 1. The highest BCUT2D eigenvalue weighted by atomic mass is 16.6. The van der Waals surface area contributed by atoms with Crippen molar-refractivity contribution >= 4 is 6.09 Å². The van der Waals surface area contributed by atoms with E-state index in [0.29, 0.717) is 12.5 Å². The summed E-state index contributed by atoms with van der Waals surface area (Å²) in [4.78, 5) is 12.1. The van der Waals surface area contributed by atoms with Crippen molar-refractivity contribution in [1.29, 1.82) is 0 Å². The first-order valence-electron chi connectivity index (χ1n) is 9.50. The number of methoxy groups -OCH3 is 1. The van der Waals surface area contributed by atoms with Crippen LogP contribution in [-0.4, -0.2) is 36.2 Å². The topological polar surface area (TPSA) is 80.8 Å². The van der Waals surface area contributed by atoms with Crippen molar-refractivity contribution < 1.29 is 19.0 Å². The Morgan fingerprint density at radius 1 is 1.41 bits per heavy atom. The molecule has 7 heteroatoms. The number of aromatic nitrogens is 2. The summed E-state index contributed by atoms with van der Waals surface area (Å²) in [5, 5.41) is 6.40. The molecule has 1 aromatic carbocycles. The number of hydrogen-bond acceptors (Lipinski definition) is 4. The third kappa shape index (κ3) is 3.56. The van der Waals surface area contributed by atoms with E-state index >= 15 is 0 Å². The third-order valence-corrected chi connectivity index (χ3v) is 5.23. The van der Waals surface area contributed by atoms with Crippen LogP contribution in [0.5, 0.6) is 5.75 Å². The number of ether oxygens (including phenoxy) is 3. The van der Waals surface area contributed by atoms with Gasteiger partial charge in [-0.15, -0.1) is 0 Å². The molecule has 146 valence electrons. The van der Waals surface area contributed by atoms with Crippen molar-refractivity contribution in [3.8, 4) is 5.75 Å². The van der Waals surface area contributed by atoms with E-state index < -0.39 is 0 Å². The third-order valence-electron chi connectivity index (χ3n) is 5.23. The standard InChI is InChI=1S/C20H27N3O4/c1-13(2)11-26-19(24)21-16-8-9-20(12-27-20)18-17(16)22-23(18)10-14-4-6-15(25-3)7-5-14/h4-7,13,16,22H,8-12H2,1-3H3,(H,21,24)/t16-,20-/m1/s1. The molecule has 1 aliphatic heterocycles. The number of hydrogen-bond donors (Lipinski definition) is 2. The first-order valence-corrected chi connectivity index (χ1v) is 9.50. The second-order valence-electron chi connectivity index (χ2n) is 7.82. The van der Waals surface area contributed by atoms with Gasteiger partial charge >= 0.3 is 6.09 Å². The van der Waals surface area contributed by atoms with Crippen LogP contribution in [-0.2, 0) is 21.6 Å². The SMILES string of the molecule is COc1ccc(Cn2[nH]c3c2[C@@]2(CC[C@H]3NC(=O)OCC(C)C)CO2)cc1. The molecule has 0 saturated carbocycles. The average Bonchev–Trinajstić information content (AvgIpc) is 3.40. The van der Waals surface area contributed by atoms with Crippen LogP contribution in [0.1, 0.15) is 49.7 Å². The molecule has 2 aliphatic rings. The van der Waals surface area contributed by atoms with Gasteiger partial charge in [0.25, 0.3) is 0 Å². The zero-order valence-corrected chi connectivity index (χ0v) is 16.1. The minimum Gasteiger partial charge on any atom is -0.497 e. The molecule has 2 aromatic rings. The molecule has 1 saturated heterocycles. The summed E-state index contributed by atoms with van der Waals surface area (Å²) in [6.45, 7) is 5.95. The van der Waals surface area contributed by atoms with Crippen LogP contribution in [0.25, 0.3) is 0 Å². The fourth-order valence-electron chi connectivity index (χ4n) is 3.69. The van der Waals surface area contributed by atoms with E-state index in [9.17, 15) is 4.79 Å². The molecule has 1 spiro atoms. The predicted octanol–water partition coefficient (Wildman–Crippen LogP) is 3.32. The Bertz CT molecular complexity index is 802. The molecule has 0 radical (unpaired) electrons. The second-order valence-corrected chi connectivity index (χ2v) is 7.82. The van der Waals surface area contributed by atoms with Gasteiger partial charge in [-0.25, -0.2) is 4.79 Å². The Morgan fingerprint density at radius 2 is 2.15 bits per heavy atom. The maximum absolute atomic E-state index is 12.1. The van der Waals surface area contributed by atoms with Crippen molar-refractivity contribution in [1.82, 2.24) is 15.1 Å². The molecule has 0 bridgehead atoms. The second kappa shape index (κ2) is 6.96. The predicted molar refractivity (Wildman–Crippen MR) is 99.8 cm³/mol. The number of carbonyl (C=O) groups excluding carboxylic acids is 1. The normalized spacial score (nSPS) is 23.3. The van der Waals surface area contributed by atoms with Gasteiger partial charge in [0.15, 0.2) is 0 Å². The number of alkyl carbamates (subject to hydrolysis) is 1. The minimum absolute atomic E-state index is 0.0541. The summed E-state index contributed by atoms with van der Waals surface area (Å²) >= 11 is 0. The maximum atomic E-state index is 12.1. The molecule has 27 heavy (non-hydrogen) atoms. The van der Waals surface area contributed by atoms with Gasteiger partial charge in [0.2, 0.25) is 0 Å². The summed E-state index contributed by atoms with van der Waals surface area (Å²) in [6.07, 6.45) is 1.39. The van der Waals surface area contributed by atoms with Crippen LogP contribution in [0, 0.1) is 5.92 Å². The number of epoxide rings is 1. The molecule has 2 heterocycles. The Balaban J connectivity index is 1.47. The molecule has 1 aliphatic carbocycles. The molecule has 1 fully saturated rings. The molecule has 0 unspecified atom stereocenters. The molecule has 2 N–H and O–H groups in total. The number of H-pyrrole nitrogens is 1. The van der Waals surface area contributed by atoms with Crippen LogP contribution in [0.3, 0.4) is 0 Å². The van der Waals surface area contributed by atoms with Gasteiger partial charge in [-0.2, -0.15) is 0 Å². The van der Waals surface area contributed by atoms with Crippen molar-refractivity contribution in [3.05, 3.63) is 41.2 Å². The van der Waals surface area contributed by atoms with Crippen molar-refractivity contribution in [2.75, 3.05) is 20.3 Å². The zero-order valence-electron chi connectivity index (χ0n) is 16.1. The summed E-state index contributed by atoms with van der Waals surface area (Å²) in [6, 6.07) is 7.98. The van der Waals surface area contributed by atoms with E-state index in [1.165, 1.54) is 11.3 Å². The van der Waals surface area contributed by atoms with Crippen LogP contribution < -0.4 is 10.1 Å². The molecular weight excluding hydrogens is 346 g/mol. The summed E-state index contributed by atoms with van der Waals surface area (Å²) in [5.41, 5.74) is 3.22. The number of aromatic amines is 1. The lowest BCUT2D eigenvalue weighted by Gasteiger charge is -2.36. The fourth-order valence-corrected chi connectivity index (χ4v) is 3.69. The summed E-state index contributed by atoms with van der Waals surface area (Å²) in [7, 11) is 1.67. The zero-order chi connectivity index (χ0) is 19.0. The van der Waals surface area contributed by atoms with Gasteiger partial charge < -0.3 is 19.5 Å². The van der Waals surface area contributed by atoms with Gasteiger partial charge in [0, 0.05) is 0 Å². The van der Waals surface area contributed by atoms with Gasteiger partial charge in [0.1, 0.15) is 11.4 Å². The first-order chi connectivity index (χ1) is 13.0. The maximum Gasteiger partial charge on any atom is 0.407 e. The van der Waals surface area contributed by atoms with Gasteiger partial charge in [-0.05, 0) is 36.5 Å². The number of nitrogens with one attached hydrogen (secondary N) is 2. The molecule has 1 aromatic heterocycles.